The lowest BCUT2D eigenvalue weighted by Gasteiger charge is -2.14. The molecule has 1 N–H and O–H groups in total. The second-order valence-electron chi connectivity index (χ2n) is 6.72. The van der Waals surface area contributed by atoms with E-state index in [0.29, 0.717) is 22.6 Å². The van der Waals surface area contributed by atoms with E-state index in [9.17, 15) is 9.59 Å². The van der Waals surface area contributed by atoms with Gasteiger partial charge in [0.25, 0.3) is 5.56 Å². The van der Waals surface area contributed by atoms with Crippen LogP contribution in [0.25, 0.3) is 10.9 Å². The van der Waals surface area contributed by atoms with Crippen LogP contribution in [0.2, 0.25) is 0 Å². The van der Waals surface area contributed by atoms with E-state index in [1.807, 2.05) is 52.0 Å². The number of halogens is 1. The summed E-state index contributed by atoms with van der Waals surface area (Å²) < 4.78 is 2.44. The number of carbonyl (C=O) groups is 1. The number of aromatic nitrogens is 2. The van der Waals surface area contributed by atoms with Crippen LogP contribution in [0.5, 0.6) is 0 Å². The smallest absolute Gasteiger partial charge is 0.262 e. The van der Waals surface area contributed by atoms with Gasteiger partial charge in [-0.2, -0.15) is 0 Å². The summed E-state index contributed by atoms with van der Waals surface area (Å²) in [5, 5.41) is 4.11. The fourth-order valence-corrected chi connectivity index (χ4v) is 4.47. The van der Waals surface area contributed by atoms with Gasteiger partial charge in [-0.15, -0.1) is 0 Å². The lowest BCUT2D eigenvalue weighted by atomic mass is 10.1. The molecule has 0 fully saturated rings. The molecule has 1 aromatic heterocycles. The summed E-state index contributed by atoms with van der Waals surface area (Å²) in [6.07, 6.45) is 0. The van der Waals surface area contributed by atoms with Gasteiger partial charge < -0.3 is 5.32 Å². The van der Waals surface area contributed by atoms with E-state index in [0.717, 1.165) is 21.3 Å². The standard InChI is InChI=1S/C21H22BrN3O2S/c1-5-25-20(27)16-10-15(22)6-7-17(16)23-21(25)28-11-18(26)24-19-13(3)8-12(2)9-14(19)4/h6-10H,5,11H2,1-4H3,(H,24,26). The van der Waals surface area contributed by atoms with Crippen molar-refractivity contribution in [3.05, 3.63) is 61.8 Å². The van der Waals surface area contributed by atoms with Crippen molar-refractivity contribution in [2.75, 3.05) is 11.1 Å². The van der Waals surface area contributed by atoms with E-state index in [1.54, 1.807) is 10.6 Å². The minimum atomic E-state index is -0.118. The van der Waals surface area contributed by atoms with Gasteiger partial charge in [0.05, 0.1) is 16.7 Å². The van der Waals surface area contributed by atoms with E-state index in [1.165, 1.54) is 17.3 Å². The summed E-state index contributed by atoms with van der Waals surface area (Å²) in [4.78, 5) is 29.9. The SMILES string of the molecule is CCn1c(SCC(=O)Nc2c(C)cc(C)cc2C)nc2ccc(Br)cc2c1=O. The highest BCUT2D eigenvalue weighted by molar-refractivity contribution is 9.10. The Morgan fingerprint density at radius 1 is 1.18 bits per heavy atom. The van der Waals surface area contributed by atoms with Crippen molar-refractivity contribution < 1.29 is 4.79 Å². The van der Waals surface area contributed by atoms with Crippen molar-refractivity contribution in [2.45, 2.75) is 39.4 Å². The van der Waals surface area contributed by atoms with Gasteiger partial charge in [-0.25, -0.2) is 4.98 Å². The number of aryl methyl sites for hydroxylation is 3. The molecule has 2 aromatic carbocycles. The average Bonchev–Trinajstić information content (AvgIpc) is 2.63. The Balaban J connectivity index is 1.83. The van der Waals surface area contributed by atoms with Gasteiger partial charge in [-0.1, -0.05) is 45.4 Å². The zero-order valence-electron chi connectivity index (χ0n) is 16.3. The highest BCUT2D eigenvalue weighted by atomic mass is 79.9. The molecule has 0 saturated carbocycles. The van der Waals surface area contributed by atoms with E-state index in [-0.39, 0.29) is 17.2 Å². The zero-order valence-corrected chi connectivity index (χ0v) is 18.7. The van der Waals surface area contributed by atoms with Crippen LogP contribution in [0.15, 0.2) is 44.8 Å². The largest absolute Gasteiger partial charge is 0.325 e. The average molecular weight is 460 g/mol. The van der Waals surface area contributed by atoms with E-state index in [2.05, 4.69) is 26.2 Å². The Labute approximate surface area is 176 Å². The van der Waals surface area contributed by atoms with Crippen molar-refractivity contribution >= 4 is 50.2 Å². The molecule has 146 valence electrons. The molecule has 0 spiro atoms. The van der Waals surface area contributed by atoms with Gasteiger partial charge >= 0.3 is 0 Å². The molecule has 0 saturated heterocycles. The number of rotatable bonds is 5. The predicted molar refractivity (Wildman–Crippen MR) is 119 cm³/mol. The number of benzene rings is 2. The Morgan fingerprint density at radius 2 is 1.86 bits per heavy atom. The van der Waals surface area contributed by atoms with Crippen LogP contribution in [0, 0.1) is 20.8 Å². The third-order valence-electron chi connectivity index (χ3n) is 4.47. The number of hydrogen-bond acceptors (Lipinski definition) is 4. The first-order valence-electron chi connectivity index (χ1n) is 9.00. The normalized spacial score (nSPS) is 11.0. The molecule has 28 heavy (non-hydrogen) atoms. The van der Waals surface area contributed by atoms with Crippen LogP contribution in [-0.2, 0) is 11.3 Å². The highest BCUT2D eigenvalue weighted by Crippen LogP contribution is 2.24. The van der Waals surface area contributed by atoms with Gasteiger partial charge in [0.1, 0.15) is 0 Å². The van der Waals surface area contributed by atoms with Crippen LogP contribution in [-0.4, -0.2) is 21.2 Å². The second-order valence-corrected chi connectivity index (χ2v) is 8.57. The van der Waals surface area contributed by atoms with E-state index in [4.69, 9.17) is 0 Å². The van der Waals surface area contributed by atoms with E-state index < -0.39 is 0 Å². The molecular formula is C21H22BrN3O2S. The number of nitrogens with zero attached hydrogens (tertiary/aromatic N) is 2. The molecule has 5 nitrogen and oxygen atoms in total. The molecule has 0 unspecified atom stereocenters. The van der Waals surface area contributed by atoms with Gasteiger partial charge in [-0.05, 0) is 57.0 Å². The first-order valence-corrected chi connectivity index (χ1v) is 10.8. The maximum absolute atomic E-state index is 12.8. The molecule has 0 atom stereocenters. The number of amides is 1. The maximum Gasteiger partial charge on any atom is 0.262 e. The van der Waals surface area contributed by atoms with E-state index >= 15 is 0 Å². The summed E-state index contributed by atoms with van der Waals surface area (Å²) in [5.41, 5.74) is 4.63. The Hall–Kier alpha value is -2.12. The van der Waals surface area contributed by atoms with Gasteiger partial charge in [0.2, 0.25) is 5.91 Å². The number of hydrogen-bond donors (Lipinski definition) is 1. The van der Waals surface area contributed by atoms with Crippen molar-refractivity contribution in [1.82, 2.24) is 9.55 Å². The summed E-state index contributed by atoms with van der Waals surface area (Å²) in [5.74, 6) is 0.0641. The molecule has 0 bridgehead atoms. The maximum atomic E-state index is 12.8. The first kappa shape index (κ1) is 20.6. The number of carbonyl (C=O) groups excluding carboxylic acids is 1. The Morgan fingerprint density at radius 3 is 2.50 bits per heavy atom. The van der Waals surface area contributed by atoms with Crippen LogP contribution in [0.4, 0.5) is 5.69 Å². The lowest BCUT2D eigenvalue weighted by molar-refractivity contribution is -0.113. The summed E-state index contributed by atoms with van der Waals surface area (Å²) >= 11 is 4.67. The number of fused-ring (bicyclic) bond motifs is 1. The minimum absolute atomic E-state index is 0.0954. The fraction of sp³-hybridized carbons (Fsp3) is 0.286. The molecule has 3 aromatic rings. The fourth-order valence-electron chi connectivity index (χ4n) is 3.24. The zero-order chi connectivity index (χ0) is 20.4. The highest BCUT2D eigenvalue weighted by Gasteiger charge is 2.14. The van der Waals surface area contributed by atoms with Crippen molar-refractivity contribution in [2.24, 2.45) is 0 Å². The summed E-state index contributed by atoms with van der Waals surface area (Å²) in [7, 11) is 0. The van der Waals surface area contributed by atoms with Crippen molar-refractivity contribution in [3.63, 3.8) is 0 Å². The van der Waals surface area contributed by atoms with Crippen LogP contribution < -0.4 is 10.9 Å². The molecular weight excluding hydrogens is 438 g/mol. The van der Waals surface area contributed by atoms with Gasteiger partial charge in [0, 0.05) is 16.7 Å². The third kappa shape index (κ3) is 4.31. The molecule has 1 heterocycles. The third-order valence-corrected chi connectivity index (χ3v) is 5.94. The predicted octanol–water partition coefficient (Wildman–Crippen LogP) is 4.83. The lowest BCUT2D eigenvalue weighted by Crippen LogP contribution is -2.23. The van der Waals surface area contributed by atoms with Crippen LogP contribution in [0.3, 0.4) is 0 Å². The first-order chi connectivity index (χ1) is 13.3. The molecule has 0 aliphatic carbocycles. The molecule has 0 radical (unpaired) electrons. The van der Waals surface area contributed by atoms with Gasteiger partial charge in [0.15, 0.2) is 5.16 Å². The second kappa shape index (κ2) is 8.49. The summed E-state index contributed by atoms with van der Waals surface area (Å²) in [6, 6.07) is 9.54. The Kier molecular flexibility index (Phi) is 6.25. The minimum Gasteiger partial charge on any atom is -0.325 e. The molecule has 0 aliphatic heterocycles. The molecule has 7 heteroatoms. The van der Waals surface area contributed by atoms with Crippen molar-refractivity contribution in [1.29, 1.82) is 0 Å². The number of nitrogens with one attached hydrogen (secondary N) is 1. The summed E-state index contributed by atoms with van der Waals surface area (Å²) in [6.45, 7) is 8.40. The number of thioether (sulfide) groups is 1. The molecule has 1 amide bonds. The van der Waals surface area contributed by atoms with Crippen molar-refractivity contribution in [3.8, 4) is 0 Å². The monoisotopic (exact) mass is 459 g/mol. The quantitative estimate of drug-likeness (QED) is 0.438. The van der Waals surface area contributed by atoms with Crippen LogP contribution in [0.1, 0.15) is 23.6 Å². The van der Waals surface area contributed by atoms with Crippen LogP contribution >= 0.6 is 27.7 Å². The molecule has 3 rings (SSSR count). The topological polar surface area (TPSA) is 64.0 Å². The molecule has 0 aliphatic rings. The number of anilines is 1. The van der Waals surface area contributed by atoms with Gasteiger partial charge in [-0.3, -0.25) is 14.2 Å². The Bertz CT molecular complexity index is 1100.